The van der Waals surface area contributed by atoms with Gasteiger partial charge in [-0.15, -0.1) is 0 Å². The molecule has 130 valence electrons. The van der Waals surface area contributed by atoms with Crippen LogP contribution in [-0.2, 0) is 0 Å². The van der Waals surface area contributed by atoms with Gasteiger partial charge >= 0.3 is 0 Å². The van der Waals surface area contributed by atoms with Crippen LogP contribution in [0.25, 0.3) is 5.57 Å². The predicted octanol–water partition coefficient (Wildman–Crippen LogP) is 6.17. The molecular formula is C21H22ClFN2. The van der Waals surface area contributed by atoms with Crippen LogP contribution >= 0.6 is 11.6 Å². The highest BCUT2D eigenvalue weighted by Gasteiger charge is 2.29. The molecule has 0 saturated heterocycles. The lowest BCUT2D eigenvalue weighted by Crippen LogP contribution is -2.42. The molecule has 0 bridgehead atoms. The second-order valence-corrected chi connectivity index (χ2v) is 7.56. The van der Waals surface area contributed by atoms with E-state index in [1.807, 2.05) is 32.2 Å². The van der Waals surface area contributed by atoms with Gasteiger partial charge in [0.1, 0.15) is 5.82 Å². The van der Waals surface area contributed by atoms with E-state index in [0.717, 1.165) is 28.1 Å². The van der Waals surface area contributed by atoms with Gasteiger partial charge in [0.2, 0.25) is 0 Å². The first-order chi connectivity index (χ1) is 11.7. The van der Waals surface area contributed by atoms with Crippen LogP contribution in [0.1, 0.15) is 37.5 Å². The summed E-state index contributed by atoms with van der Waals surface area (Å²) >= 11 is 6.03. The highest BCUT2D eigenvalue weighted by atomic mass is 35.5. The first kappa shape index (κ1) is 17.7. The number of likely N-dealkylation sites (N-methyl/N-ethyl adjacent to an activating group) is 1. The molecule has 4 heteroatoms. The number of anilines is 1. The smallest absolute Gasteiger partial charge is 0.134 e. The van der Waals surface area contributed by atoms with Crippen molar-refractivity contribution in [3.05, 3.63) is 63.9 Å². The van der Waals surface area contributed by atoms with Gasteiger partial charge < -0.3 is 4.90 Å². The molecule has 0 aromatic heterocycles. The van der Waals surface area contributed by atoms with E-state index in [4.69, 9.17) is 11.6 Å². The molecule has 2 nitrogen and oxygen atoms in total. The van der Waals surface area contributed by atoms with Crippen molar-refractivity contribution in [1.82, 2.24) is 0 Å². The Morgan fingerprint density at radius 3 is 2.60 bits per heavy atom. The summed E-state index contributed by atoms with van der Waals surface area (Å²) in [5, 5.41) is 0.617. The Kier molecular flexibility index (Phi) is 4.46. The van der Waals surface area contributed by atoms with E-state index in [-0.39, 0.29) is 11.4 Å². The fraction of sp³-hybridized carbons (Fsp3) is 0.286. The number of aliphatic imine (C=N–C) groups is 1. The molecular weight excluding hydrogens is 335 g/mol. The molecule has 1 heterocycles. The van der Waals surface area contributed by atoms with E-state index >= 15 is 0 Å². The third-order valence-corrected chi connectivity index (χ3v) is 5.08. The Hall–Kier alpha value is -2.13. The Balaban J connectivity index is 2.04. The summed E-state index contributed by atoms with van der Waals surface area (Å²) in [4.78, 5) is 6.53. The summed E-state index contributed by atoms with van der Waals surface area (Å²) in [6.07, 6.45) is 3.77. The molecule has 2 aromatic rings. The molecule has 25 heavy (non-hydrogen) atoms. The van der Waals surface area contributed by atoms with E-state index in [1.54, 1.807) is 18.3 Å². The molecule has 0 atom stereocenters. The Morgan fingerprint density at radius 1 is 1.16 bits per heavy atom. The molecule has 0 aliphatic carbocycles. The second kappa shape index (κ2) is 6.30. The number of rotatable bonds is 2. The summed E-state index contributed by atoms with van der Waals surface area (Å²) in [5.74, 6) is -0.278. The van der Waals surface area contributed by atoms with Crippen LogP contribution in [0.15, 0.2) is 41.4 Å². The van der Waals surface area contributed by atoms with Crippen molar-refractivity contribution >= 4 is 34.8 Å². The van der Waals surface area contributed by atoms with Gasteiger partial charge in [0.05, 0.1) is 11.2 Å². The molecule has 0 N–H and O–H groups in total. The van der Waals surface area contributed by atoms with Gasteiger partial charge in [-0.25, -0.2) is 4.39 Å². The highest BCUT2D eigenvalue weighted by Crippen LogP contribution is 2.38. The topological polar surface area (TPSA) is 15.6 Å². The van der Waals surface area contributed by atoms with E-state index in [0.29, 0.717) is 10.6 Å². The van der Waals surface area contributed by atoms with E-state index < -0.39 is 0 Å². The van der Waals surface area contributed by atoms with Gasteiger partial charge in [-0.3, -0.25) is 4.99 Å². The van der Waals surface area contributed by atoms with Crippen molar-refractivity contribution in [3.8, 4) is 0 Å². The quantitative estimate of drug-likeness (QED) is 0.587. The lowest BCUT2D eigenvalue weighted by Gasteiger charge is -2.40. The van der Waals surface area contributed by atoms with Crippen LogP contribution in [0.2, 0.25) is 5.02 Å². The Morgan fingerprint density at radius 2 is 1.88 bits per heavy atom. The number of fused-ring (bicyclic) bond motifs is 1. The number of allylic oxidation sites excluding steroid dienone is 1. The number of benzene rings is 2. The maximum Gasteiger partial charge on any atom is 0.134 e. The van der Waals surface area contributed by atoms with Crippen molar-refractivity contribution in [2.75, 3.05) is 11.9 Å². The average Bonchev–Trinajstić information content (AvgIpc) is 2.54. The fourth-order valence-electron chi connectivity index (χ4n) is 3.15. The largest absolute Gasteiger partial charge is 0.365 e. The molecule has 0 fully saturated rings. The highest BCUT2D eigenvalue weighted by molar-refractivity contribution is 6.30. The zero-order valence-electron chi connectivity index (χ0n) is 15.2. The van der Waals surface area contributed by atoms with Crippen LogP contribution in [0.3, 0.4) is 0 Å². The maximum atomic E-state index is 14.6. The fourth-order valence-corrected chi connectivity index (χ4v) is 3.31. The van der Waals surface area contributed by atoms with Crippen LogP contribution in [-0.4, -0.2) is 18.8 Å². The Bertz CT molecular complexity index is 897. The summed E-state index contributed by atoms with van der Waals surface area (Å²) in [6, 6.07) is 8.97. The second-order valence-electron chi connectivity index (χ2n) is 7.12. The molecule has 0 radical (unpaired) electrons. The van der Waals surface area contributed by atoms with Crippen LogP contribution < -0.4 is 4.90 Å². The number of halogens is 2. The van der Waals surface area contributed by atoms with Gasteiger partial charge in [0.15, 0.2) is 0 Å². The van der Waals surface area contributed by atoms with Crippen molar-refractivity contribution in [1.29, 1.82) is 0 Å². The summed E-state index contributed by atoms with van der Waals surface area (Å²) in [6.45, 7) is 8.26. The SMILES string of the molecule is CC1=CC(C)(C)N(C)c2cc(F)c(C=Nc3cc(Cl)ccc3C)cc21. The van der Waals surface area contributed by atoms with Gasteiger partial charge in [0.25, 0.3) is 0 Å². The molecule has 1 aliphatic rings. The number of hydrogen-bond donors (Lipinski definition) is 0. The van der Waals surface area contributed by atoms with Crippen LogP contribution in [0.5, 0.6) is 0 Å². The van der Waals surface area contributed by atoms with Crippen LogP contribution in [0.4, 0.5) is 15.8 Å². The molecule has 3 rings (SSSR count). The molecule has 1 aliphatic heterocycles. The monoisotopic (exact) mass is 356 g/mol. The maximum absolute atomic E-state index is 14.6. The summed E-state index contributed by atoms with van der Waals surface area (Å²) < 4.78 is 14.6. The number of aryl methyl sites for hydroxylation is 1. The number of hydrogen-bond acceptors (Lipinski definition) is 2. The van der Waals surface area contributed by atoms with Crippen molar-refractivity contribution < 1.29 is 4.39 Å². The third-order valence-electron chi connectivity index (χ3n) is 4.85. The van der Waals surface area contributed by atoms with Gasteiger partial charge in [-0.2, -0.15) is 0 Å². The van der Waals surface area contributed by atoms with Crippen LogP contribution in [0, 0.1) is 12.7 Å². The van der Waals surface area contributed by atoms with Gasteiger partial charge in [-0.05, 0) is 63.1 Å². The minimum absolute atomic E-state index is 0.142. The number of nitrogens with zero attached hydrogens (tertiary/aromatic N) is 2. The summed E-state index contributed by atoms with van der Waals surface area (Å²) in [7, 11) is 1.99. The Labute approximate surface area is 153 Å². The molecule has 0 amide bonds. The lowest BCUT2D eigenvalue weighted by atomic mass is 9.88. The minimum atomic E-state index is -0.278. The van der Waals surface area contributed by atoms with E-state index in [2.05, 4.69) is 36.7 Å². The summed E-state index contributed by atoms with van der Waals surface area (Å²) in [5.41, 5.74) is 5.15. The van der Waals surface area contributed by atoms with E-state index in [1.165, 1.54) is 0 Å². The van der Waals surface area contributed by atoms with Crippen molar-refractivity contribution in [2.24, 2.45) is 4.99 Å². The zero-order valence-corrected chi connectivity index (χ0v) is 15.9. The predicted molar refractivity (Wildman–Crippen MR) is 106 cm³/mol. The molecule has 0 saturated carbocycles. The first-order valence-corrected chi connectivity index (χ1v) is 8.64. The molecule has 0 unspecified atom stereocenters. The third kappa shape index (κ3) is 3.34. The van der Waals surface area contributed by atoms with Gasteiger partial charge in [-0.1, -0.05) is 23.7 Å². The van der Waals surface area contributed by atoms with Crippen molar-refractivity contribution in [3.63, 3.8) is 0 Å². The lowest BCUT2D eigenvalue weighted by molar-refractivity contribution is 0.589. The first-order valence-electron chi connectivity index (χ1n) is 8.26. The zero-order chi connectivity index (χ0) is 18.4. The van der Waals surface area contributed by atoms with Gasteiger partial charge in [0, 0.05) is 35.1 Å². The average molecular weight is 357 g/mol. The molecule has 0 spiro atoms. The van der Waals surface area contributed by atoms with E-state index in [9.17, 15) is 4.39 Å². The standard InChI is InChI=1S/C21H22ClFN2/c1-13-6-7-16(22)9-19(13)24-12-15-8-17-14(2)11-21(3,4)25(5)20(17)10-18(15)23/h6-12H,1-5H3. The van der Waals surface area contributed by atoms with Crippen molar-refractivity contribution in [2.45, 2.75) is 33.2 Å². The molecule has 2 aromatic carbocycles. The minimum Gasteiger partial charge on any atom is -0.365 e. The normalized spacial score (nSPS) is 16.1.